The number of nitrogens with one attached hydrogen (secondary N) is 2. The van der Waals surface area contributed by atoms with Crippen molar-refractivity contribution in [3.8, 4) is 0 Å². The molecule has 1 rings (SSSR count). The topological polar surface area (TPSA) is 78.4 Å². The van der Waals surface area contributed by atoms with Crippen LogP contribution in [0, 0.1) is 17.3 Å². The molecule has 3 unspecified atom stereocenters. The first-order valence-corrected chi connectivity index (χ1v) is 6.96. The van der Waals surface area contributed by atoms with Crippen molar-refractivity contribution >= 4 is 12.0 Å². The lowest BCUT2D eigenvalue weighted by Gasteiger charge is -2.46. The lowest BCUT2D eigenvalue weighted by molar-refractivity contribution is -0.150. The Bertz CT molecular complexity index is 353. The monoisotopic (exact) mass is 270 g/mol. The van der Waals surface area contributed by atoms with Crippen molar-refractivity contribution in [2.24, 2.45) is 17.3 Å². The first kappa shape index (κ1) is 15.8. The molecule has 5 heteroatoms. The van der Waals surface area contributed by atoms with Gasteiger partial charge in [-0.15, -0.1) is 0 Å². The highest BCUT2D eigenvalue weighted by molar-refractivity contribution is 5.75. The fourth-order valence-corrected chi connectivity index (χ4v) is 2.92. The third-order valence-electron chi connectivity index (χ3n) is 4.48. The summed E-state index contributed by atoms with van der Waals surface area (Å²) in [5, 5.41) is 15.1. The SMILES string of the molecule is CC(C)NC(=O)NC1CCC(C(=O)O)C(C)(C)C1C. The average molecular weight is 270 g/mol. The molecule has 1 saturated carbocycles. The second-order valence-electron chi connectivity index (χ2n) is 6.46. The Morgan fingerprint density at radius 3 is 2.32 bits per heavy atom. The van der Waals surface area contributed by atoms with Crippen LogP contribution in [0.25, 0.3) is 0 Å². The van der Waals surface area contributed by atoms with E-state index in [2.05, 4.69) is 10.6 Å². The average Bonchev–Trinajstić information content (AvgIpc) is 2.23. The Labute approximate surface area is 115 Å². The number of carboxylic acid groups (broad SMARTS) is 1. The normalized spacial score (nSPS) is 29.9. The molecule has 0 aliphatic heterocycles. The molecule has 0 spiro atoms. The van der Waals surface area contributed by atoms with E-state index in [1.807, 2.05) is 34.6 Å². The van der Waals surface area contributed by atoms with Crippen molar-refractivity contribution in [3.63, 3.8) is 0 Å². The van der Waals surface area contributed by atoms with Gasteiger partial charge in [0.25, 0.3) is 0 Å². The van der Waals surface area contributed by atoms with Crippen LogP contribution < -0.4 is 10.6 Å². The summed E-state index contributed by atoms with van der Waals surface area (Å²) in [5.74, 6) is -0.948. The second kappa shape index (κ2) is 5.80. The maximum absolute atomic E-state index is 11.8. The number of rotatable bonds is 3. The van der Waals surface area contributed by atoms with Crippen molar-refractivity contribution in [1.82, 2.24) is 10.6 Å². The standard InChI is InChI=1S/C14H26N2O3/c1-8(2)15-13(19)16-11-7-6-10(12(17)18)14(4,5)9(11)3/h8-11H,6-7H2,1-5H3,(H,17,18)(H2,15,16,19). The van der Waals surface area contributed by atoms with Crippen LogP contribution in [0.15, 0.2) is 0 Å². The largest absolute Gasteiger partial charge is 0.481 e. The summed E-state index contributed by atoms with van der Waals surface area (Å²) in [4.78, 5) is 23.0. The quantitative estimate of drug-likeness (QED) is 0.735. The van der Waals surface area contributed by atoms with E-state index < -0.39 is 5.97 Å². The first-order valence-electron chi connectivity index (χ1n) is 6.96. The van der Waals surface area contributed by atoms with Gasteiger partial charge in [-0.25, -0.2) is 4.79 Å². The summed E-state index contributed by atoms with van der Waals surface area (Å²) in [6.07, 6.45) is 1.33. The Hall–Kier alpha value is -1.26. The third-order valence-corrected chi connectivity index (χ3v) is 4.48. The second-order valence-corrected chi connectivity index (χ2v) is 6.46. The Morgan fingerprint density at radius 1 is 1.26 bits per heavy atom. The molecule has 1 aliphatic rings. The van der Waals surface area contributed by atoms with Gasteiger partial charge in [-0.1, -0.05) is 20.8 Å². The van der Waals surface area contributed by atoms with Gasteiger partial charge in [-0.3, -0.25) is 4.79 Å². The van der Waals surface area contributed by atoms with Crippen molar-refractivity contribution in [2.75, 3.05) is 0 Å². The van der Waals surface area contributed by atoms with Gasteiger partial charge in [0.05, 0.1) is 5.92 Å². The van der Waals surface area contributed by atoms with Gasteiger partial charge < -0.3 is 15.7 Å². The lowest BCUT2D eigenvalue weighted by atomic mass is 9.61. The predicted molar refractivity (Wildman–Crippen MR) is 73.9 cm³/mol. The summed E-state index contributed by atoms with van der Waals surface area (Å²) >= 11 is 0. The molecule has 3 atom stereocenters. The molecule has 3 N–H and O–H groups in total. The number of hydrogen-bond donors (Lipinski definition) is 3. The Balaban J connectivity index is 2.70. The van der Waals surface area contributed by atoms with Crippen LogP contribution in [0.4, 0.5) is 4.79 Å². The maximum Gasteiger partial charge on any atom is 0.315 e. The summed E-state index contributed by atoms with van der Waals surface area (Å²) < 4.78 is 0. The fraction of sp³-hybridized carbons (Fsp3) is 0.857. The number of carboxylic acids is 1. The Kier molecular flexibility index (Phi) is 4.82. The molecular formula is C14H26N2O3. The van der Waals surface area contributed by atoms with E-state index >= 15 is 0 Å². The molecular weight excluding hydrogens is 244 g/mol. The van der Waals surface area contributed by atoms with E-state index in [0.717, 1.165) is 0 Å². The van der Waals surface area contributed by atoms with Crippen LogP contribution in [0.5, 0.6) is 0 Å². The molecule has 5 nitrogen and oxygen atoms in total. The van der Waals surface area contributed by atoms with Gasteiger partial charge in [0, 0.05) is 12.1 Å². The number of carbonyl (C=O) groups excluding carboxylic acids is 1. The van der Waals surface area contributed by atoms with E-state index in [-0.39, 0.29) is 35.4 Å². The van der Waals surface area contributed by atoms with E-state index in [1.54, 1.807) is 0 Å². The maximum atomic E-state index is 11.8. The van der Waals surface area contributed by atoms with Gasteiger partial charge in [-0.05, 0) is 38.0 Å². The van der Waals surface area contributed by atoms with E-state index in [9.17, 15) is 14.7 Å². The van der Waals surface area contributed by atoms with Gasteiger partial charge in [-0.2, -0.15) is 0 Å². The smallest absolute Gasteiger partial charge is 0.315 e. The fourth-order valence-electron chi connectivity index (χ4n) is 2.92. The number of carbonyl (C=O) groups is 2. The Morgan fingerprint density at radius 2 is 1.84 bits per heavy atom. The van der Waals surface area contributed by atoms with Gasteiger partial charge in [0.15, 0.2) is 0 Å². The zero-order valence-corrected chi connectivity index (χ0v) is 12.5. The van der Waals surface area contributed by atoms with Crippen LogP contribution in [0.2, 0.25) is 0 Å². The minimum Gasteiger partial charge on any atom is -0.481 e. The highest BCUT2D eigenvalue weighted by atomic mass is 16.4. The molecule has 1 fully saturated rings. The van der Waals surface area contributed by atoms with E-state index in [0.29, 0.717) is 12.8 Å². The van der Waals surface area contributed by atoms with Gasteiger partial charge in [0.1, 0.15) is 0 Å². The summed E-state index contributed by atoms with van der Waals surface area (Å²) in [6.45, 7) is 9.80. The van der Waals surface area contributed by atoms with Crippen LogP contribution in [0.3, 0.4) is 0 Å². The van der Waals surface area contributed by atoms with E-state index in [4.69, 9.17) is 0 Å². The molecule has 0 saturated heterocycles. The molecule has 110 valence electrons. The van der Waals surface area contributed by atoms with Gasteiger partial charge >= 0.3 is 12.0 Å². The van der Waals surface area contributed by atoms with Crippen molar-refractivity contribution < 1.29 is 14.7 Å². The summed E-state index contributed by atoms with van der Waals surface area (Å²) in [5.41, 5.74) is -0.320. The molecule has 0 aromatic rings. The van der Waals surface area contributed by atoms with Crippen LogP contribution in [0.1, 0.15) is 47.5 Å². The molecule has 0 bridgehead atoms. The highest BCUT2D eigenvalue weighted by Crippen LogP contribution is 2.45. The minimum absolute atomic E-state index is 0.0318. The summed E-state index contributed by atoms with van der Waals surface area (Å²) in [7, 11) is 0. The molecule has 2 amide bonds. The predicted octanol–water partition coefficient (Wildman–Crippen LogP) is 2.22. The van der Waals surface area contributed by atoms with Crippen molar-refractivity contribution in [1.29, 1.82) is 0 Å². The molecule has 0 aromatic heterocycles. The number of urea groups is 1. The lowest BCUT2D eigenvalue weighted by Crippen LogP contribution is -2.54. The first-order chi connectivity index (χ1) is 8.66. The molecule has 0 radical (unpaired) electrons. The van der Waals surface area contributed by atoms with E-state index in [1.165, 1.54) is 0 Å². The van der Waals surface area contributed by atoms with Crippen LogP contribution in [-0.4, -0.2) is 29.2 Å². The zero-order valence-electron chi connectivity index (χ0n) is 12.5. The molecule has 1 aliphatic carbocycles. The number of amides is 2. The number of aliphatic carboxylic acids is 1. The van der Waals surface area contributed by atoms with Gasteiger partial charge in [0.2, 0.25) is 0 Å². The van der Waals surface area contributed by atoms with Crippen molar-refractivity contribution in [2.45, 2.75) is 59.5 Å². The van der Waals surface area contributed by atoms with Crippen LogP contribution >= 0.6 is 0 Å². The minimum atomic E-state index is -0.734. The summed E-state index contributed by atoms with van der Waals surface area (Å²) in [6, 6.07) is -0.0422. The number of hydrogen-bond acceptors (Lipinski definition) is 2. The highest BCUT2D eigenvalue weighted by Gasteiger charge is 2.46. The van der Waals surface area contributed by atoms with Crippen LogP contribution in [-0.2, 0) is 4.79 Å². The molecule has 0 heterocycles. The third kappa shape index (κ3) is 3.61. The zero-order chi connectivity index (χ0) is 14.8. The van der Waals surface area contributed by atoms with Crippen molar-refractivity contribution in [3.05, 3.63) is 0 Å². The molecule has 0 aromatic carbocycles. The molecule has 19 heavy (non-hydrogen) atoms.